The highest BCUT2D eigenvalue weighted by Crippen LogP contribution is 2.35. The third kappa shape index (κ3) is 6.37. The first kappa shape index (κ1) is 27.3. The van der Waals surface area contributed by atoms with Crippen molar-refractivity contribution in [2.45, 2.75) is 25.3 Å². The summed E-state index contributed by atoms with van der Waals surface area (Å²) in [5.41, 5.74) is 19.5. The quantitative estimate of drug-likeness (QED) is 0.137. The van der Waals surface area contributed by atoms with Crippen molar-refractivity contribution in [3.63, 3.8) is 0 Å². The second-order valence-corrected chi connectivity index (χ2v) is 10.6. The van der Waals surface area contributed by atoms with Crippen LogP contribution in [-0.2, 0) is 11.2 Å². The normalized spacial score (nSPS) is 11.8. The number of carbonyl (C=O) groups is 2. The summed E-state index contributed by atoms with van der Waals surface area (Å²) in [5, 5.41) is 1.95. The molecule has 4 rings (SSSR count). The van der Waals surface area contributed by atoms with Crippen LogP contribution in [0.2, 0.25) is 0 Å². The Morgan fingerprint density at radius 1 is 1.18 bits per heavy atom. The zero-order valence-corrected chi connectivity index (χ0v) is 23.3. The van der Waals surface area contributed by atoms with Crippen molar-refractivity contribution in [2.75, 3.05) is 20.1 Å². The molecule has 0 fully saturated rings. The molecule has 0 saturated heterocycles. The fourth-order valence-corrected chi connectivity index (χ4v) is 5.61. The summed E-state index contributed by atoms with van der Waals surface area (Å²) < 4.78 is 2.76. The Morgan fingerprint density at radius 2 is 2.00 bits per heavy atom. The number of aliphatic imine (C=N–C) groups is 1. The van der Waals surface area contributed by atoms with E-state index in [0.717, 1.165) is 15.0 Å². The molecule has 0 aliphatic rings. The molecule has 0 bridgehead atoms. The lowest BCUT2D eigenvalue weighted by Gasteiger charge is -2.19. The number of primary amides is 1. The zero-order chi connectivity index (χ0) is 27.2. The van der Waals surface area contributed by atoms with Crippen LogP contribution < -0.4 is 17.2 Å². The summed E-state index contributed by atoms with van der Waals surface area (Å²) in [5.74, 6) is -0.00348. The summed E-state index contributed by atoms with van der Waals surface area (Å²) in [7, 11) is 1.77. The number of thiophene rings is 1. The Balaban J connectivity index is 1.66. The fourth-order valence-electron chi connectivity index (χ4n) is 4.19. The van der Waals surface area contributed by atoms with Gasteiger partial charge in [-0.05, 0) is 65.2 Å². The number of hydrogen-bond acceptors (Lipinski definition) is 6. The minimum absolute atomic E-state index is 0.0000245. The number of carbonyl (C=O) groups excluding carboxylic acids is 2. The van der Waals surface area contributed by atoms with Crippen LogP contribution in [0.5, 0.6) is 0 Å². The average Bonchev–Trinajstić information content (AvgIpc) is 3.50. The molecule has 10 nitrogen and oxygen atoms in total. The highest BCUT2D eigenvalue weighted by atomic mass is 79.9. The van der Waals surface area contributed by atoms with Crippen LogP contribution in [0, 0.1) is 0 Å². The first-order valence-corrected chi connectivity index (χ1v) is 13.7. The van der Waals surface area contributed by atoms with Crippen molar-refractivity contribution < 1.29 is 9.59 Å². The van der Waals surface area contributed by atoms with Gasteiger partial charge in [0.2, 0.25) is 5.91 Å². The van der Waals surface area contributed by atoms with Gasteiger partial charge in [0.15, 0.2) is 11.8 Å². The lowest BCUT2D eigenvalue weighted by molar-refractivity contribution is -0.121. The van der Waals surface area contributed by atoms with Gasteiger partial charge in [-0.3, -0.25) is 19.6 Å². The number of nitrogens with zero attached hydrogens (tertiary/aromatic N) is 5. The van der Waals surface area contributed by atoms with Gasteiger partial charge in [-0.1, -0.05) is 6.07 Å². The second-order valence-electron chi connectivity index (χ2n) is 8.80. The van der Waals surface area contributed by atoms with E-state index in [4.69, 9.17) is 22.2 Å². The molecule has 1 atom stereocenters. The van der Waals surface area contributed by atoms with E-state index >= 15 is 0 Å². The summed E-state index contributed by atoms with van der Waals surface area (Å²) in [6.45, 7) is 0.901. The second kappa shape index (κ2) is 12.2. The van der Waals surface area contributed by atoms with Crippen LogP contribution >= 0.6 is 27.3 Å². The van der Waals surface area contributed by atoms with E-state index in [9.17, 15) is 9.59 Å². The molecular weight excluding hydrogens is 568 g/mol. The molecule has 38 heavy (non-hydrogen) atoms. The van der Waals surface area contributed by atoms with Crippen molar-refractivity contribution in [3.05, 3.63) is 69.8 Å². The lowest BCUT2D eigenvalue weighted by Crippen LogP contribution is -2.29. The summed E-state index contributed by atoms with van der Waals surface area (Å²) in [6, 6.07) is 12.3. The van der Waals surface area contributed by atoms with E-state index in [0.29, 0.717) is 54.8 Å². The molecule has 0 aliphatic carbocycles. The van der Waals surface area contributed by atoms with Gasteiger partial charge >= 0.3 is 0 Å². The maximum atomic E-state index is 13.2. The van der Waals surface area contributed by atoms with E-state index in [1.54, 1.807) is 30.3 Å². The van der Waals surface area contributed by atoms with Crippen molar-refractivity contribution in [1.29, 1.82) is 0 Å². The highest BCUT2D eigenvalue weighted by Gasteiger charge is 2.26. The molecule has 0 radical (unpaired) electrons. The van der Waals surface area contributed by atoms with E-state index in [-0.39, 0.29) is 11.9 Å². The first-order chi connectivity index (χ1) is 18.2. The van der Waals surface area contributed by atoms with Crippen LogP contribution in [-0.4, -0.2) is 57.3 Å². The number of amides is 2. The van der Waals surface area contributed by atoms with E-state index in [1.807, 2.05) is 40.3 Å². The minimum Gasteiger partial charge on any atom is -0.370 e. The number of pyridine rings is 1. The third-order valence-corrected chi connectivity index (χ3v) is 7.76. The van der Waals surface area contributed by atoms with Crippen molar-refractivity contribution in [1.82, 2.24) is 19.4 Å². The molecule has 198 valence electrons. The number of aromatic nitrogens is 3. The van der Waals surface area contributed by atoms with Crippen molar-refractivity contribution in [3.8, 4) is 10.7 Å². The Bertz CT molecular complexity index is 1460. The van der Waals surface area contributed by atoms with Gasteiger partial charge in [-0.25, -0.2) is 4.98 Å². The Labute approximate surface area is 232 Å². The van der Waals surface area contributed by atoms with E-state index in [1.165, 1.54) is 11.3 Å². The molecule has 4 aromatic rings. The summed E-state index contributed by atoms with van der Waals surface area (Å²) >= 11 is 4.99. The molecule has 12 heteroatoms. The highest BCUT2D eigenvalue weighted by molar-refractivity contribution is 9.10. The number of fused-ring (bicyclic) bond motifs is 1. The van der Waals surface area contributed by atoms with Gasteiger partial charge in [0.25, 0.3) is 5.91 Å². The van der Waals surface area contributed by atoms with Crippen LogP contribution in [0.1, 0.15) is 34.9 Å². The van der Waals surface area contributed by atoms with Crippen molar-refractivity contribution >= 4 is 56.1 Å². The van der Waals surface area contributed by atoms with Crippen LogP contribution in [0.3, 0.4) is 0 Å². The number of hydrogen-bond donors (Lipinski definition) is 3. The zero-order valence-electron chi connectivity index (χ0n) is 20.9. The summed E-state index contributed by atoms with van der Waals surface area (Å²) in [6.07, 6.45) is 3.37. The number of imidazole rings is 1. The van der Waals surface area contributed by atoms with Crippen LogP contribution in [0.15, 0.2) is 63.5 Å². The number of benzene rings is 1. The number of halogens is 1. The molecule has 2 amide bonds. The van der Waals surface area contributed by atoms with Crippen LogP contribution in [0.25, 0.3) is 21.7 Å². The monoisotopic (exact) mass is 596 g/mol. The van der Waals surface area contributed by atoms with Gasteiger partial charge < -0.3 is 26.7 Å². The largest absolute Gasteiger partial charge is 0.370 e. The topological polar surface area (TPSA) is 159 Å². The van der Waals surface area contributed by atoms with Gasteiger partial charge in [0.05, 0.1) is 15.9 Å². The maximum absolute atomic E-state index is 13.2. The first-order valence-electron chi connectivity index (χ1n) is 12.0. The van der Waals surface area contributed by atoms with Gasteiger partial charge in [-0.2, -0.15) is 0 Å². The van der Waals surface area contributed by atoms with Gasteiger partial charge in [0, 0.05) is 53.9 Å². The van der Waals surface area contributed by atoms with E-state index < -0.39 is 11.9 Å². The third-order valence-electron chi connectivity index (χ3n) is 6.07. The van der Waals surface area contributed by atoms with Crippen molar-refractivity contribution in [2.24, 2.45) is 22.2 Å². The molecule has 0 saturated carbocycles. The molecule has 3 aromatic heterocycles. The van der Waals surface area contributed by atoms with Crippen LogP contribution in [0.4, 0.5) is 0 Å². The van der Waals surface area contributed by atoms with Gasteiger partial charge in [-0.15, -0.1) is 11.3 Å². The average molecular weight is 598 g/mol. The van der Waals surface area contributed by atoms with E-state index in [2.05, 4.69) is 25.9 Å². The number of guanidine groups is 1. The predicted molar refractivity (Wildman–Crippen MR) is 154 cm³/mol. The van der Waals surface area contributed by atoms with Gasteiger partial charge in [0.1, 0.15) is 6.04 Å². The number of likely N-dealkylation sites (N-methyl/N-ethyl adjacent to an activating group) is 1. The predicted octanol–water partition coefficient (Wildman–Crippen LogP) is 3.32. The molecular formula is C26H29BrN8O2S. The fraction of sp³-hybridized carbons (Fsp3) is 0.269. The molecule has 3 heterocycles. The summed E-state index contributed by atoms with van der Waals surface area (Å²) in [4.78, 5) is 41.5. The smallest absolute Gasteiger partial charge is 0.253 e. The molecule has 6 N–H and O–H groups in total. The Morgan fingerprint density at radius 3 is 2.66 bits per heavy atom. The molecule has 0 aliphatic heterocycles. The molecule has 0 spiro atoms. The Kier molecular flexibility index (Phi) is 8.74. The lowest BCUT2D eigenvalue weighted by atomic mass is 10.1. The number of nitrogens with two attached hydrogens (primary N) is 3. The number of rotatable bonds is 11. The maximum Gasteiger partial charge on any atom is 0.253 e. The molecule has 1 aromatic carbocycles. The minimum atomic E-state index is -0.673. The molecule has 0 unspecified atom stereocenters. The SMILES string of the molecule is CN(CCc1ccccn1)C(=O)c1ccc2c(c1)nc(-c1cc(Br)cs1)n2[C@H](CCCN=C(N)N)C(N)=O. The standard InChI is InChI=1S/C26H29BrN8O2S/c1-34(12-9-18-5-2-3-10-31-18)25(37)16-7-8-20-19(13-16)33-24(22-14-17(27)15-38-22)35(20)21(23(28)36)6-4-11-32-26(29)30/h2-3,5,7-8,10,13-15,21H,4,6,9,11-12H2,1H3,(H2,28,36)(H4,29,30,32)/t21-/m1/s1. The Hall–Kier alpha value is -3.77.